The highest BCUT2D eigenvalue weighted by atomic mass is 16.1. The summed E-state index contributed by atoms with van der Waals surface area (Å²) in [6.07, 6.45) is 4.38. The van der Waals surface area contributed by atoms with Gasteiger partial charge in [0.2, 0.25) is 0 Å². The van der Waals surface area contributed by atoms with Crippen molar-refractivity contribution in [1.29, 1.82) is 5.26 Å². The summed E-state index contributed by atoms with van der Waals surface area (Å²) in [5.74, 6) is 0. The van der Waals surface area contributed by atoms with Gasteiger partial charge in [-0.15, -0.1) is 0 Å². The SMILES string of the molecule is Cc1c(C=O)ccc2c1cc(C#N)n2Cc1cn[nH]c1. The number of H-pyrrole nitrogens is 1. The Hall–Kier alpha value is -2.87. The van der Waals surface area contributed by atoms with Crippen molar-refractivity contribution in [2.24, 2.45) is 0 Å². The van der Waals surface area contributed by atoms with E-state index in [4.69, 9.17) is 0 Å². The highest BCUT2D eigenvalue weighted by Crippen LogP contribution is 2.25. The van der Waals surface area contributed by atoms with Gasteiger partial charge in [0.1, 0.15) is 18.0 Å². The molecule has 20 heavy (non-hydrogen) atoms. The minimum Gasteiger partial charge on any atom is -0.328 e. The lowest BCUT2D eigenvalue weighted by molar-refractivity contribution is 0.112. The number of aromatic nitrogens is 3. The third-order valence-electron chi connectivity index (χ3n) is 3.53. The number of aromatic amines is 1. The van der Waals surface area contributed by atoms with Crippen molar-refractivity contribution in [3.63, 3.8) is 0 Å². The van der Waals surface area contributed by atoms with E-state index in [2.05, 4.69) is 16.3 Å². The van der Waals surface area contributed by atoms with E-state index in [1.807, 2.05) is 23.6 Å². The number of nitriles is 1. The van der Waals surface area contributed by atoms with Crippen LogP contribution in [0.3, 0.4) is 0 Å². The molecule has 1 N–H and O–H groups in total. The summed E-state index contributed by atoms with van der Waals surface area (Å²) in [6.45, 7) is 2.47. The summed E-state index contributed by atoms with van der Waals surface area (Å²) in [4.78, 5) is 11.0. The maximum absolute atomic E-state index is 11.0. The predicted octanol–water partition coefficient (Wildman–Crippen LogP) is 2.41. The molecule has 0 saturated heterocycles. The van der Waals surface area contributed by atoms with Crippen LogP contribution in [-0.2, 0) is 6.54 Å². The molecule has 0 fully saturated rings. The number of hydrogen-bond donors (Lipinski definition) is 1. The molecule has 0 atom stereocenters. The molecule has 1 aromatic carbocycles. The Kier molecular flexibility index (Phi) is 2.84. The molecule has 0 aliphatic heterocycles. The van der Waals surface area contributed by atoms with Gasteiger partial charge in [-0.05, 0) is 30.7 Å². The summed E-state index contributed by atoms with van der Waals surface area (Å²) >= 11 is 0. The Labute approximate surface area is 115 Å². The summed E-state index contributed by atoms with van der Waals surface area (Å²) in [5.41, 5.74) is 4.08. The van der Waals surface area contributed by atoms with Gasteiger partial charge in [0.05, 0.1) is 12.7 Å². The van der Waals surface area contributed by atoms with Gasteiger partial charge >= 0.3 is 0 Å². The quantitative estimate of drug-likeness (QED) is 0.738. The van der Waals surface area contributed by atoms with Gasteiger partial charge in [0.25, 0.3) is 0 Å². The average Bonchev–Trinajstić information content (AvgIpc) is 3.08. The Morgan fingerprint density at radius 2 is 2.35 bits per heavy atom. The molecule has 3 rings (SSSR count). The van der Waals surface area contributed by atoms with Crippen LogP contribution < -0.4 is 0 Å². The van der Waals surface area contributed by atoms with E-state index in [0.29, 0.717) is 17.8 Å². The summed E-state index contributed by atoms with van der Waals surface area (Å²) < 4.78 is 1.93. The first-order valence-corrected chi connectivity index (χ1v) is 6.20. The van der Waals surface area contributed by atoms with E-state index in [1.54, 1.807) is 18.5 Å². The van der Waals surface area contributed by atoms with Crippen LogP contribution in [0.5, 0.6) is 0 Å². The van der Waals surface area contributed by atoms with Crippen LogP contribution in [0.1, 0.15) is 27.2 Å². The van der Waals surface area contributed by atoms with Crippen LogP contribution in [0.2, 0.25) is 0 Å². The van der Waals surface area contributed by atoms with E-state index < -0.39 is 0 Å². The summed E-state index contributed by atoms with van der Waals surface area (Å²) in [6, 6.07) is 7.71. The fourth-order valence-corrected chi connectivity index (χ4v) is 2.43. The van der Waals surface area contributed by atoms with Gasteiger partial charge in [-0.25, -0.2) is 0 Å². The maximum atomic E-state index is 11.0. The number of carbonyl (C=O) groups is 1. The Morgan fingerprint density at radius 1 is 1.50 bits per heavy atom. The molecule has 3 aromatic rings. The van der Waals surface area contributed by atoms with E-state index in [9.17, 15) is 10.1 Å². The van der Waals surface area contributed by atoms with E-state index in [1.165, 1.54) is 0 Å². The molecule has 5 nitrogen and oxygen atoms in total. The molecule has 0 amide bonds. The first-order chi connectivity index (χ1) is 9.74. The minimum absolute atomic E-state index is 0.572. The smallest absolute Gasteiger partial charge is 0.150 e. The van der Waals surface area contributed by atoms with E-state index in [-0.39, 0.29) is 0 Å². The van der Waals surface area contributed by atoms with Gasteiger partial charge in [0.15, 0.2) is 0 Å². The van der Waals surface area contributed by atoms with E-state index in [0.717, 1.165) is 28.3 Å². The van der Waals surface area contributed by atoms with Gasteiger partial charge in [-0.2, -0.15) is 10.4 Å². The lowest BCUT2D eigenvalue weighted by Crippen LogP contribution is -2.01. The fraction of sp³-hybridized carbons (Fsp3) is 0.133. The van der Waals surface area contributed by atoms with Gasteiger partial charge in [0, 0.05) is 28.2 Å². The van der Waals surface area contributed by atoms with Crippen molar-refractivity contribution in [1.82, 2.24) is 14.8 Å². The number of aldehydes is 1. The van der Waals surface area contributed by atoms with Gasteiger partial charge < -0.3 is 4.57 Å². The number of fused-ring (bicyclic) bond motifs is 1. The third-order valence-corrected chi connectivity index (χ3v) is 3.53. The second-order valence-corrected chi connectivity index (χ2v) is 4.66. The molecule has 0 unspecified atom stereocenters. The fourth-order valence-electron chi connectivity index (χ4n) is 2.43. The molecule has 0 aliphatic rings. The molecule has 2 heterocycles. The molecule has 0 aliphatic carbocycles. The van der Waals surface area contributed by atoms with Crippen molar-refractivity contribution in [3.8, 4) is 6.07 Å². The number of nitrogens with zero attached hydrogens (tertiary/aromatic N) is 3. The van der Waals surface area contributed by atoms with Crippen LogP contribution in [0.25, 0.3) is 10.9 Å². The topological polar surface area (TPSA) is 74.5 Å². The zero-order valence-corrected chi connectivity index (χ0v) is 10.9. The molecule has 5 heteroatoms. The standard InChI is InChI=1S/C15H12N4O/c1-10-12(9-20)2-3-15-14(10)4-13(5-16)19(15)8-11-6-17-18-7-11/h2-4,6-7,9H,8H2,1H3,(H,17,18). The number of aryl methyl sites for hydroxylation is 1. The lowest BCUT2D eigenvalue weighted by atomic mass is 10.1. The van der Waals surface area contributed by atoms with Crippen molar-refractivity contribution >= 4 is 17.2 Å². The highest BCUT2D eigenvalue weighted by Gasteiger charge is 2.12. The number of nitrogens with one attached hydrogen (secondary N) is 1. The van der Waals surface area contributed by atoms with Crippen molar-refractivity contribution in [3.05, 3.63) is 53.0 Å². The third kappa shape index (κ3) is 1.79. The zero-order valence-electron chi connectivity index (χ0n) is 10.9. The van der Waals surface area contributed by atoms with Crippen molar-refractivity contribution < 1.29 is 4.79 Å². The van der Waals surface area contributed by atoms with Crippen molar-refractivity contribution in [2.45, 2.75) is 13.5 Å². The van der Waals surface area contributed by atoms with Gasteiger partial charge in [-0.3, -0.25) is 9.89 Å². The maximum Gasteiger partial charge on any atom is 0.150 e. The molecular formula is C15H12N4O. The van der Waals surface area contributed by atoms with Gasteiger partial charge in [-0.1, -0.05) is 0 Å². The van der Waals surface area contributed by atoms with Crippen LogP contribution >= 0.6 is 0 Å². The molecule has 2 aromatic heterocycles. The normalized spacial score (nSPS) is 10.6. The number of carbonyl (C=O) groups excluding carboxylic acids is 1. The molecule has 0 radical (unpaired) electrons. The van der Waals surface area contributed by atoms with E-state index >= 15 is 0 Å². The monoisotopic (exact) mass is 264 g/mol. The number of hydrogen-bond acceptors (Lipinski definition) is 3. The van der Waals surface area contributed by atoms with Crippen LogP contribution in [0.15, 0.2) is 30.6 Å². The Bertz CT molecular complexity index is 822. The van der Waals surface area contributed by atoms with Crippen LogP contribution in [0.4, 0.5) is 0 Å². The molecule has 0 spiro atoms. The van der Waals surface area contributed by atoms with Crippen LogP contribution in [0, 0.1) is 18.3 Å². The van der Waals surface area contributed by atoms with Crippen LogP contribution in [-0.4, -0.2) is 21.1 Å². The number of rotatable bonds is 3. The molecule has 0 saturated carbocycles. The minimum atomic E-state index is 0.572. The Morgan fingerprint density at radius 3 is 3.00 bits per heavy atom. The second-order valence-electron chi connectivity index (χ2n) is 4.66. The molecule has 0 bridgehead atoms. The average molecular weight is 264 g/mol. The second kappa shape index (κ2) is 4.67. The van der Waals surface area contributed by atoms with Crippen molar-refractivity contribution in [2.75, 3.05) is 0 Å². The summed E-state index contributed by atoms with van der Waals surface area (Å²) in [7, 11) is 0. The molecule has 98 valence electrons. The lowest BCUT2D eigenvalue weighted by Gasteiger charge is -2.06. The number of benzene rings is 1. The predicted molar refractivity (Wildman–Crippen MR) is 74.5 cm³/mol. The highest BCUT2D eigenvalue weighted by molar-refractivity contribution is 5.92. The summed E-state index contributed by atoms with van der Waals surface area (Å²) in [5, 5.41) is 16.9. The largest absolute Gasteiger partial charge is 0.328 e. The zero-order chi connectivity index (χ0) is 14.1. The first-order valence-electron chi connectivity index (χ1n) is 6.20. The molecular weight excluding hydrogens is 252 g/mol. The first kappa shape index (κ1) is 12.2. The Balaban J connectivity index is 2.23.